The molecule has 5 N–H and O–H groups in total. The van der Waals surface area contributed by atoms with E-state index in [4.69, 9.17) is 10.9 Å². The lowest BCUT2D eigenvalue weighted by atomic mass is 10.1. The number of hydrogen-bond donors (Lipinski definition) is 4. The van der Waals surface area contributed by atoms with Gasteiger partial charge >= 0.3 is 0 Å². The van der Waals surface area contributed by atoms with Crippen LogP contribution in [0, 0.1) is 5.92 Å². The van der Waals surface area contributed by atoms with Crippen molar-refractivity contribution in [3.63, 3.8) is 0 Å². The Kier molecular flexibility index (Phi) is 5.84. The van der Waals surface area contributed by atoms with Gasteiger partial charge in [0.15, 0.2) is 5.44 Å². The maximum absolute atomic E-state index is 12.1. The van der Waals surface area contributed by atoms with E-state index < -0.39 is 39.4 Å². The van der Waals surface area contributed by atoms with Crippen molar-refractivity contribution < 1.29 is 28.3 Å². The number of carbonyl (C=O) groups is 2. The van der Waals surface area contributed by atoms with Gasteiger partial charge in [-0.2, -0.15) is 0 Å². The molecule has 0 aromatic heterocycles. The first-order valence-corrected chi connectivity index (χ1v) is 7.95. The Bertz CT molecular complexity index is 631. The molecular weight excluding hydrogens is 368 g/mol. The van der Waals surface area contributed by atoms with E-state index in [1.54, 1.807) is 0 Å². The summed E-state index contributed by atoms with van der Waals surface area (Å²) in [6.07, 6.45) is -0.764. The molecule has 0 saturated heterocycles. The van der Waals surface area contributed by atoms with Crippen LogP contribution < -0.4 is 11.2 Å². The van der Waals surface area contributed by atoms with Gasteiger partial charge in [0.1, 0.15) is 5.92 Å². The standard InChI is InChI=1S/C11H13BrN2O6S/c12-6-1-3-7(4-2-6)21(19,20)9(15)5-8(10(13)16)11(17)14-18/h1-4,8-9,15,18H,5H2,(H2,13,16)(H,14,17). The molecule has 8 nitrogen and oxygen atoms in total. The van der Waals surface area contributed by atoms with E-state index in [1.165, 1.54) is 29.7 Å². The monoisotopic (exact) mass is 380 g/mol. The average molecular weight is 381 g/mol. The SMILES string of the molecule is NC(=O)C(CC(O)S(=O)(=O)c1ccc(Br)cc1)C(=O)NO. The lowest BCUT2D eigenvalue weighted by Gasteiger charge is -2.16. The summed E-state index contributed by atoms with van der Waals surface area (Å²) in [6, 6.07) is 5.44. The molecular formula is C11H13BrN2O6S. The number of benzene rings is 1. The molecule has 0 fully saturated rings. The Balaban J connectivity index is 3.00. The maximum atomic E-state index is 12.1. The molecule has 21 heavy (non-hydrogen) atoms. The number of aliphatic hydroxyl groups excluding tert-OH is 1. The number of hydroxylamine groups is 1. The summed E-state index contributed by atoms with van der Waals surface area (Å²) >= 11 is 3.14. The van der Waals surface area contributed by atoms with Gasteiger partial charge in [0.25, 0.3) is 5.91 Å². The van der Waals surface area contributed by atoms with E-state index in [0.717, 1.165) is 0 Å². The molecule has 0 bridgehead atoms. The van der Waals surface area contributed by atoms with Gasteiger partial charge in [-0.05, 0) is 24.3 Å². The zero-order valence-electron chi connectivity index (χ0n) is 10.6. The zero-order chi connectivity index (χ0) is 16.2. The molecule has 2 atom stereocenters. The van der Waals surface area contributed by atoms with Crippen molar-refractivity contribution in [3.8, 4) is 0 Å². The van der Waals surface area contributed by atoms with Gasteiger partial charge in [-0.3, -0.25) is 14.8 Å². The Hall–Kier alpha value is -1.49. The molecule has 0 aliphatic rings. The van der Waals surface area contributed by atoms with Crippen LogP contribution in [-0.2, 0) is 19.4 Å². The maximum Gasteiger partial charge on any atom is 0.256 e. The number of amides is 2. The lowest BCUT2D eigenvalue weighted by Crippen LogP contribution is -2.40. The highest BCUT2D eigenvalue weighted by atomic mass is 79.9. The van der Waals surface area contributed by atoms with Gasteiger partial charge in [-0.25, -0.2) is 13.9 Å². The van der Waals surface area contributed by atoms with E-state index in [1.807, 2.05) is 0 Å². The van der Waals surface area contributed by atoms with Gasteiger partial charge < -0.3 is 10.8 Å². The third-order valence-corrected chi connectivity index (χ3v) is 5.07. The average Bonchev–Trinajstić information content (AvgIpc) is 2.43. The van der Waals surface area contributed by atoms with E-state index in [0.29, 0.717) is 4.47 Å². The van der Waals surface area contributed by atoms with Crippen molar-refractivity contribution in [1.82, 2.24) is 5.48 Å². The van der Waals surface area contributed by atoms with Crippen molar-refractivity contribution in [2.75, 3.05) is 0 Å². The number of primary amides is 1. The van der Waals surface area contributed by atoms with Crippen LogP contribution in [0.1, 0.15) is 6.42 Å². The molecule has 2 unspecified atom stereocenters. The minimum atomic E-state index is -4.16. The molecule has 0 heterocycles. The molecule has 1 aromatic carbocycles. The van der Waals surface area contributed by atoms with Crippen LogP contribution in [0.5, 0.6) is 0 Å². The summed E-state index contributed by atoms with van der Waals surface area (Å²) in [4.78, 5) is 22.1. The summed E-state index contributed by atoms with van der Waals surface area (Å²) in [7, 11) is -4.16. The van der Waals surface area contributed by atoms with E-state index in [2.05, 4.69) is 15.9 Å². The van der Waals surface area contributed by atoms with Crippen molar-refractivity contribution in [3.05, 3.63) is 28.7 Å². The molecule has 10 heteroatoms. The lowest BCUT2D eigenvalue weighted by molar-refractivity contribution is -0.140. The Labute approximate surface area is 129 Å². The van der Waals surface area contributed by atoms with Gasteiger partial charge in [0, 0.05) is 10.9 Å². The first-order chi connectivity index (χ1) is 9.70. The quantitative estimate of drug-likeness (QED) is 0.298. The molecule has 1 aromatic rings. The minimum absolute atomic E-state index is 0.175. The van der Waals surface area contributed by atoms with Gasteiger partial charge in [0.05, 0.1) is 4.90 Å². The van der Waals surface area contributed by atoms with Crippen LogP contribution >= 0.6 is 15.9 Å². The number of sulfone groups is 1. The second kappa shape index (κ2) is 6.98. The number of nitrogens with two attached hydrogens (primary N) is 1. The number of nitrogens with one attached hydrogen (secondary N) is 1. The fourth-order valence-corrected chi connectivity index (χ4v) is 3.08. The van der Waals surface area contributed by atoms with Crippen LogP contribution in [-0.4, -0.2) is 36.0 Å². The fourth-order valence-electron chi connectivity index (χ4n) is 1.54. The van der Waals surface area contributed by atoms with Gasteiger partial charge in [-0.15, -0.1) is 0 Å². The normalized spacial score (nSPS) is 14.2. The summed E-state index contributed by atoms with van der Waals surface area (Å²) in [5, 5.41) is 18.3. The topological polar surface area (TPSA) is 147 Å². The minimum Gasteiger partial charge on any atom is -0.377 e. The molecule has 0 radical (unpaired) electrons. The number of hydrogen-bond acceptors (Lipinski definition) is 6. The van der Waals surface area contributed by atoms with Crippen LogP contribution in [0.4, 0.5) is 0 Å². The van der Waals surface area contributed by atoms with Crippen molar-refractivity contribution >= 4 is 37.6 Å². The van der Waals surface area contributed by atoms with Crippen molar-refractivity contribution in [2.24, 2.45) is 11.7 Å². The largest absolute Gasteiger partial charge is 0.377 e. The number of carbonyl (C=O) groups excluding carboxylic acids is 2. The van der Waals surface area contributed by atoms with Crippen LogP contribution in [0.2, 0.25) is 0 Å². The van der Waals surface area contributed by atoms with Crippen molar-refractivity contribution in [2.45, 2.75) is 16.8 Å². The van der Waals surface area contributed by atoms with Crippen molar-refractivity contribution in [1.29, 1.82) is 0 Å². The highest BCUT2D eigenvalue weighted by Gasteiger charge is 2.34. The summed E-state index contributed by atoms with van der Waals surface area (Å²) in [5.41, 5.74) is 4.12. The smallest absolute Gasteiger partial charge is 0.256 e. The van der Waals surface area contributed by atoms with E-state index in [9.17, 15) is 23.1 Å². The molecule has 116 valence electrons. The highest BCUT2D eigenvalue weighted by molar-refractivity contribution is 9.10. The third kappa shape index (κ3) is 4.24. The van der Waals surface area contributed by atoms with Crippen LogP contribution in [0.3, 0.4) is 0 Å². The molecule has 1 rings (SSSR count). The number of aliphatic hydroxyl groups is 1. The molecule has 0 saturated carbocycles. The summed E-state index contributed by atoms with van der Waals surface area (Å²) < 4.78 is 24.8. The predicted molar refractivity (Wildman–Crippen MR) is 74.6 cm³/mol. The third-order valence-electron chi connectivity index (χ3n) is 2.71. The predicted octanol–water partition coefficient (Wildman–Crippen LogP) is -0.462. The van der Waals surface area contributed by atoms with Crippen LogP contribution in [0.25, 0.3) is 0 Å². The van der Waals surface area contributed by atoms with E-state index >= 15 is 0 Å². The molecule has 0 aliphatic heterocycles. The highest BCUT2D eigenvalue weighted by Crippen LogP contribution is 2.22. The summed E-state index contributed by atoms with van der Waals surface area (Å²) in [6.45, 7) is 0. The second-order valence-electron chi connectivity index (χ2n) is 4.12. The summed E-state index contributed by atoms with van der Waals surface area (Å²) in [5.74, 6) is -4.02. The molecule has 0 spiro atoms. The van der Waals surface area contributed by atoms with Gasteiger partial charge in [-0.1, -0.05) is 15.9 Å². The Morgan fingerprint density at radius 3 is 2.24 bits per heavy atom. The second-order valence-corrected chi connectivity index (χ2v) is 7.14. The first kappa shape index (κ1) is 17.6. The Morgan fingerprint density at radius 1 is 1.29 bits per heavy atom. The first-order valence-electron chi connectivity index (χ1n) is 5.61. The fraction of sp³-hybridized carbons (Fsp3) is 0.273. The number of rotatable bonds is 6. The zero-order valence-corrected chi connectivity index (χ0v) is 13.0. The van der Waals surface area contributed by atoms with E-state index in [-0.39, 0.29) is 4.90 Å². The number of halogens is 1. The molecule has 0 aliphatic carbocycles. The van der Waals surface area contributed by atoms with Crippen LogP contribution in [0.15, 0.2) is 33.6 Å². The van der Waals surface area contributed by atoms with Gasteiger partial charge in [0.2, 0.25) is 15.7 Å². The molecule has 2 amide bonds. The Morgan fingerprint density at radius 2 is 1.81 bits per heavy atom.